The lowest BCUT2D eigenvalue weighted by Gasteiger charge is -2.44. The summed E-state index contributed by atoms with van der Waals surface area (Å²) in [5.41, 5.74) is 1.27. The van der Waals surface area contributed by atoms with Gasteiger partial charge in [-0.15, -0.1) is 0 Å². The second-order valence-electron chi connectivity index (χ2n) is 5.88. The highest BCUT2D eigenvalue weighted by atomic mass is 16.2. The molecule has 5 nitrogen and oxygen atoms in total. The second-order valence-corrected chi connectivity index (χ2v) is 5.88. The van der Waals surface area contributed by atoms with Crippen LogP contribution in [0.2, 0.25) is 0 Å². The maximum atomic E-state index is 11.8. The number of aromatic nitrogens is 2. The van der Waals surface area contributed by atoms with Crippen LogP contribution >= 0.6 is 0 Å². The van der Waals surface area contributed by atoms with Crippen LogP contribution in [-0.4, -0.2) is 45.8 Å². The molecule has 3 rings (SSSR count). The zero-order chi connectivity index (χ0) is 13.9. The molecule has 110 valence electrons. The predicted octanol–water partition coefficient (Wildman–Crippen LogP) is 1.19. The first-order valence-electron chi connectivity index (χ1n) is 7.82. The van der Waals surface area contributed by atoms with Crippen molar-refractivity contribution in [2.75, 3.05) is 13.1 Å². The molecule has 1 saturated carbocycles. The van der Waals surface area contributed by atoms with Gasteiger partial charge >= 0.3 is 0 Å². The van der Waals surface area contributed by atoms with Crippen molar-refractivity contribution < 1.29 is 4.79 Å². The van der Waals surface area contributed by atoms with Gasteiger partial charge in [-0.1, -0.05) is 12.8 Å². The van der Waals surface area contributed by atoms with Gasteiger partial charge in [0.05, 0.1) is 6.54 Å². The van der Waals surface area contributed by atoms with Crippen LogP contribution < -0.4 is 5.32 Å². The first-order chi connectivity index (χ1) is 9.78. The van der Waals surface area contributed by atoms with Crippen molar-refractivity contribution in [3.8, 4) is 0 Å². The average molecular weight is 276 g/mol. The third kappa shape index (κ3) is 2.73. The topological polar surface area (TPSA) is 50.2 Å². The van der Waals surface area contributed by atoms with Gasteiger partial charge in [-0.05, 0) is 25.8 Å². The molecule has 1 aromatic heterocycles. The fourth-order valence-corrected chi connectivity index (χ4v) is 3.63. The molecule has 1 aromatic rings. The Morgan fingerprint density at radius 1 is 1.40 bits per heavy atom. The Morgan fingerprint density at radius 2 is 2.25 bits per heavy atom. The van der Waals surface area contributed by atoms with Crippen molar-refractivity contribution in [2.45, 2.75) is 57.7 Å². The summed E-state index contributed by atoms with van der Waals surface area (Å²) in [6.07, 6.45) is 7.74. The summed E-state index contributed by atoms with van der Waals surface area (Å²) in [5, 5.41) is 7.48. The van der Waals surface area contributed by atoms with Gasteiger partial charge in [0.2, 0.25) is 5.91 Å². The average Bonchev–Trinajstić information content (AvgIpc) is 2.92. The van der Waals surface area contributed by atoms with Crippen LogP contribution in [0.5, 0.6) is 0 Å². The van der Waals surface area contributed by atoms with Crippen LogP contribution in [0, 0.1) is 0 Å². The lowest BCUT2D eigenvalue weighted by Crippen LogP contribution is -2.61. The molecule has 0 aromatic carbocycles. The third-order valence-corrected chi connectivity index (χ3v) is 4.65. The summed E-state index contributed by atoms with van der Waals surface area (Å²) >= 11 is 0. The standard InChI is InChI=1S/C15H24N4O/c1-2-19-12(7-9-16-19)8-10-18-11-15(20)17-13-5-3-4-6-14(13)18/h7,9,13-14H,2-6,8,10-11H2,1H3,(H,17,20)/t13-,14-/m0/s1. The Kier molecular flexibility index (Phi) is 4.05. The highest BCUT2D eigenvalue weighted by molar-refractivity contribution is 5.79. The molecule has 0 unspecified atom stereocenters. The van der Waals surface area contributed by atoms with Gasteiger partial charge < -0.3 is 5.32 Å². The van der Waals surface area contributed by atoms with Crippen molar-refractivity contribution in [1.29, 1.82) is 0 Å². The Balaban J connectivity index is 1.64. The van der Waals surface area contributed by atoms with Crippen molar-refractivity contribution in [1.82, 2.24) is 20.0 Å². The van der Waals surface area contributed by atoms with Crippen LogP contribution in [0.15, 0.2) is 12.3 Å². The van der Waals surface area contributed by atoms with E-state index in [1.165, 1.54) is 25.0 Å². The van der Waals surface area contributed by atoms with E-state index in [4.69, 9.17) is 0 Å². The number of nitrogens with one attached hydrogen (secondary N) is 1. The molecular weight excluding hydrogens is 252 g/mol. The van der Waals surface area contributed by atoms with Crippen molar-refractivity contribution in [2.24, 2.45) is 0 Å². The normalized spacial score (nSPS) is 27.1. The van der Waals surface area contributed by atoms with Gasteiger partial charge in [0, 0.05) is 43.5 Å². The number of amides is 1. The number of rotatable bonds is 4. The molecule has 1 saturated heterocycles. The highest BCUT2D eigenvalue weighted by Crippen LogP contribution is 2.25. The number of carbonyl (C=O) groups is 1. The molecule has 2 atom stereocenters. The molecule has 2 heterocycles. The van der Waals surface area contributed by atoms with Gasteiger partial charge in [-0.2, -0.15) is 5.10 Å². The van der Waals surface area contributed by atoms with Crippen molar-refractivity contribution in [3.05, 3.63) is 18.0 Å². The van der Waals surface area contributed by atoms with E-state index in [2.05, 4.69) is 28.3 Å². The molecule has 1 aliphatic heterocycles. The molecule has 20 heavy (non-hydrogen) atoms. The molecule has 1 aliphatic carbocycles. The molecule has 0 bridgehead atoms. The quantitative estimate of drug-likeness (QED) is 0.898. The Hall–Kier alpha value is -1.36. The summed E-state index contributed by atoms with van der Waals surface area (Å²) < 4.78 is 2.04. The molecule has 0 radical (unpaired) electrons. The van der Waals surface area contributed by atoms with Gasteiger partial charge in [0.1, 0.15) is 0 Å². The van der Waals surface area contributed by atoms with Crippen LogP contribution in [0.3, 0.4) is 0 Å². The zero-order valence-corrected chi connectivity index (χ0v) is 12.2. The molecule has 2 fully saturated rings. The lowest BCUT2D eigenvalue weighted by molar-refractivity contribution is -0.128. The summed E-state index contributed by atoms with van der Waals surface area (Å²) in [6.45, 7) is 4.54. The molecule has 1 N–H and O–H groups in total. The highest BCUT2D eigenvalue weighted by Gasteiger charge is 2.35. The fourth-order valence-electron chi connectivity index (χ4n) is 3.63. The lowest BCUT2D eigenvalue weighted by atomic mass is 9.87. The van der Waals surface area contributed by atoms with Gasteiger partial charge in [0.25, 0.3) is 0 Å². The minimum Gasteiger partial charge on any atom is -0.351 e. The van der Waals surface area contributed by atoms with Crippen LogP contribution in [0.4, 0.5) is 0 Å². The molecule has 1 amide bonds. The van der Waals surface area contributed by atoms with E-state index in [-0.39, 0.29) is 5.91 Å². The van der Waals surface area contributed by atoms with Crippen LogP contribution in [0.25, 0.3) is 0 Å². The number of piperazine rings is 1. The number of carbonyl (C=O) groups excluding carboxylic acids is 1. The molecular formula is C15H24N4O. The fraction of sp³-hybridized carbons (Fsp3) is 0.733. The van der Waals surface area contributed by atoms with E-state index in [9.17, 15) is 4.79 Å². The number of hydrogen-bond donors (Lipinski definition) is 1. The number of hydrogen-bond acceptors (Lipinski definition) is 3. The van der Waals surface area contributed by atoms with Crippen molar-refractivity contribution >= 4 is 5.91 Å². The van der Waals surface area contributed by atoms with Crippen LogP contribution in [-0.2, 0) is 17.8 Å². The monoisotopic (exact) mass is 276 g/mol. The SMILES string of the molecule is CCn1nccc1CCN1CC(=O)N[C@H]2CCCC[C@@H]21. The van der Waals surface area contributed by atoms with Crippen molar-refractivity contribution in [3.63, 3.8) is 0 Å². The zero-order valence-electron chi connectivity index (χ0n) is 12.2. The predicted molar refractivity (Wildman–Crippen MR) is 77.4 cm³/mol. The minimum absolute atomic E-state index is 0.192. The Labute approximate surface area is 120 Å². The maximum Gasteiger partial charge on any atom is 0.234 e. The first-order valence-corrected chi connectivity index (χ1v) is 7.82. The number of fused-ring (bicyclic) bond motifs is 1. The van der Waals surface area contributed by atoms with E-state index in [0.29, 0.717) is 18.6 Å². The number of aryl methyl sites for hydroxylation is 1. The van der Waals surface area contributed by atoms with E-state index >= 15 is 0 Å². The van der Waals surface area contributed by atoms with Crippen LogP contribution in [0.1, 0.15) is 38.3 Å². The molecule has 5 heteroatoms. The smallest absolute Gasteiger partial charge is 0.234 e. The summed E-state index contributed by atoms with van der Waals surface area (Å²) in [6, 6.07) is 3.01. The summed E-state index contributed by atoms with van der Waals surface area (Å²) in [5.74, 6) is 0.192. The second kappa shape index (κ2) is 5.95. The Bertz CT molecular complexity index is 470. The van der Waals surface area contributed by atoms with Gasteiger partial charge in [-0.3, -0.25) is 14.4 Å². The van der Waals surface area contributed by atoms with E-state index in [1.807, 2.05) is 10.9 Å². The summed E-state index contributed by atoms with van der Waals surface area (Å²) in [4.78, 5) is 14.2. The third-order valence-electron chi connectivity index (χ3n) is 4.65. The number of nitrogens with zero attached hydrogens (tertiary/aromatic N) is 3. The summed E-state index contributed by atoms with van der Waals surface area (Å²) in [7, 11) is 0. The molecule has 2 aliphatic rings. The van der Waals surface area contributed by atoms with Gasteiger partial charge in [0.15, 0.2) is 0 Å². The van der Waals surface area contributed by atoms with E-state index in [0.717, 1.165) is 25.9 Å². The Morgan fingerprint density at radius 3 is 3.10 bits per heavy atom. The van der Waals surface area contributed by atoms with Gasteiger partial charge in [-0.25, -0.2) is 0 Å². The first kappa shape index (κ1) is 13.6. The van der Waals surface area contributed by atoms with E-state index in [1.54, 1.807) is 0 Å². The maximum absolute atomic E-state index is 11.8. The minimum atomic E-state index is 0.192. The largest absolute Gasteiger partial charge is 0.351 e. The van der Waals surface area contributed by atoms with E-state index < -0.39 is 0 Å². The molecule has 0 spiro atoms.